The lowest BCUT2D eigenvalue weighted by Gasteiger charge is -2.28. The molecule has 1 aliphatic heterocycles. The molecular weight excluding hydrogens is 337 g/mol. The molecule has 0 amide bonds. The SMILES string of the molecule is CNC1(c2ccc(-c3cc(Cl)ccc3OC)cc2Cl)OC=CO1. The molecular formula is C17H15Cl2NO3. The van der Waals surface area contributed by atoms with E-state index in [4.69, 9.17) is 37.4 Å². The van der Waals surface area contributed by atoms with Gasteiger partial charge in [0.05, 0.1) is 17.7 Å². The predicted octanol–water partition coefficient (Wildman–Crippen LogP) is 4.52. The number of nitrogens with one attached hydrogen (secondary N) is 1. The van der Waals surface area contributed by atoms with Crippen molar-refractivity contribution in [3.05, 3.63) is 64.5 Å². The molecule has 0 aromatic heterocycles. The zero-order chi connectivity index (χ0) is 16.4. The fourth-order valence-electron chi connectivity index (χ4n) is 2.51. The first-order valence-corrected chi connectivity index (χ1v) is 7.69. The van der Waals surface area contributed by atoms with Crippen molar-refractivity contribution in [1.29, 1.82) is 0 Å². The van der Waals surface area contributed by atoms with Crippen LogP contribution in [0.5, 0.6) is 5.75 Å². The minimum absolute atomic E-state index is 0.502. The van der Waals surface area contributed by atoms with Crippen molar-refractivity contribution < 1.29 is 14.2 Å². The summed E-state index contributed by atoms with van der Waals surface area (Å²) in [5, 5.41) is 4.12. The van der Waals surface area contributed by atoms with Crippen LogP contribution in [0, 0.1) is 0 Å². The molecule has 3 rings (SSSR count). The minimum Gasteiger partial charge on any atom is -0.496 e. The summed E-state index contributed by atoms with van der Waals surface area (Å²) in [6, 6.07) is 11.0. The topological polar surface area (TPSA) is 39.7 Å². The Kier molecular flexibility index (Phi) is 4.39. The highest BCUT2D eigenvalue weighted by Crippen LogP contribution is 2.38. The first kappa shape index (κ1) is 16.0. The van der Waals surface area contributed by atoms with Crippen LogP contribution in [0.4, 0.5) is 0 Å². The Morgan fingerprint density at radius 1 is 1.04 bits per heavy atom. The lowest BCUT2D eigenvalue weighted by atomic mass is 10.0. The van der Waals surface area contributed by atoms with E-state index in [9.17, 15) is 0 Å². The standard InChI is InChI=1S/C17H15Cl2NO3/c1-20-17(22-7-8-23-17)14-5-3-11(9-15(14)19)13-10-12(18)4-6-16(13)21-2/h3-10,20H,1-2H3. The summed E-state index contributed by atoms with van der Waals surface area (Å²) in [5.74, 6) is -0.384. The van der Waals surface area contributed by atoms with Crippen molar-refractivity contribution in [3.8, 4) is 16.9 Å². The second kappa shape index (κ2) is 6.32. The lowest BCUT2D eigenvalue weighted by Crippen LogP contribution is -2.41. The zero-order valence-corrected chi connectivity index (χ0v) is 14.1. The van der Waals surface area contributed by atoms with E-state index >= 15 is 0 Å². The molecule has 0 fully saturated rings. The molecule has 0 spiro atoms. The molecule has 0 saturated carbocycles. The van der Waals surface area contributed by atoms with Gasteiger partial charge in [-0.15, -0.1) is 0 Å². The van der Waals surface area contributed by atoms with Crippen molar-refractivity contribution in [2.45, 2.75) is 5.91 Å². The van der Waals surface area contributed by atoms with E-state index in [1.54, 1.807) is 20.2 Å². The Hall–Kier alpha value is -1.88. The van der Waals surface area contributed by atoms with Gasteiger partial charge in [-0.05, 0) is 42.9 Å². The normalized spacial score (nSPS) is 15.1. The van der Waals surface area contributed by atoms with E-state index in [0.717, 1.165) is 16.9 Å². The maximum Gasteiger partial charge on any atom is 0.342 e. The van der Waals surface area contributed by atoms with Crippen LogP contribution in [-0.4, -0.2) is 14.2 Å². The summed E-state index contributed by atoms with van der Waals surface area (Å²) in [4.78, 5) is 0. The Morgan fingerprint density at radius 2 is 1.78 bits per heavy atom. The van der Waals surface area contributed by atoms with Gasteiger partial charge in [-0.2, -0.15) is 0 Å². The van der Waals surface area contributed by atoms with Gasteiger partial charge in [0, 0.05) is 10.6 Å². The number of rotatable bonds is 4. The molecule has 1 heterocycles. The van der Waals surface area contributed by atoms with E-state index in [1.807, 2.05) is 30.3 Å². The van der Waals surface area contributed by atoms with Crippen molar-refractivity contribution in [3.63, 3.8) is 0 Å². The Bertz CT molecular complexity index is 753. The molecule has 2 aromatic rings. The average molecular weight is 352 g/mol. The van der Waals surface area contributed by atoms with E-state index in [0.29, 0.717) is 15.6 Å². The van der Waals surface area contributed by atoms with Crippen LogP contribution in [-0.2, 0) is 15.4 Å². The molecule has 4 nitrogen and oxygen atoms in total. The second-order valence-corrected chi connectivity index (χ2v) is 5.76. The molecule has 1 aliphatic rings. The monoisotopic (exact) mass is 351 g/mol. The first-order chi connectivity index (χ1) is 11.1. The quantitative estimate of drug-likeness (QED) is 0.879. The third kappa shape index (κ3) is 2.85. The largest absolute Gasteiger partial charge is 0.496 e. The molecule has 23 heavy (non-hydrogen) atoms. The first-order valence-electron chi connectivity index (χ1n) is 6.93. The molecule has 0 bridgehead atoms. The van der Waals surface area contributed by atoms with Gasteiger partial charge in [0.1, 0.15) is 18.3 Å². The molecule has 1 N–H and O–H groups in total. The van der Waals surface area contributed by atoms with Crippen molar-refractivity contribution >= 4 is 23.2 Å². The predicted molar refractivity (Wildman–Crippen MR) is 90.5 cm³/mol. The van der Waals surface area contributed by atoms with Gasteiger partial charge in [-0.1, -0.05) is 29.3 Å². The minimum atomic E-state index is -1.10. The van der Waals surface area contributed by atoms with Crippen LogP contribution in [0.3, 0.4) is 0 Å². The van der Waals surface area contributed by atoms with Crippen LogP contribution in [0.2, 0.25) is 10.0 Å². The smallest absolute Gasteiger partial charge is 0.342 e. The van der Waals surface area contributed by atoms with E-state index in [-0.39, 0.29) is 0 Å². The highest BCUT2D eigenvalue weighted by molar-refractivity contribution is 6.32. The summed E-state index contributed by atoms with van der Waals surface area (Å²) in [6.45, 7) is 0. The molecule has 0 atom stereocenters. The van der Waals surface area contributed by atoms with Crippen LogP contribution < -0.4 is 10.1 Å². The summed E-state index contributed by atoms with van der Waals surface area (Å²) < 4.78 is 16.4. The number of hydrogen-bond acceptors (Lipinski definition) is 4. The highest BCUT2D eigenvalue weighted by Gasteiger charge is 2.38. The Labute approximate surface area is 144 Å². The maximum atomic E-state index is 6.46. The number of halogens is 2. The van der Waals surface area contributed by atoms with Gasteiger partial charge in [-0.3, -0.25) is 0 Å². The third-order valence-electron chi connectivity index (χ3n) is 3.65. The molecule has 6 heteroatoms. The highest BCUT2D eigenvalue weighted by atomic mass is 35.5. The molecule has 0 unspecified atom stereocenters. The molecule has 120 valence electrons. The third-order valence-corrected chi connectivity index (χ3v) is 4.20. The molecule has 0 saturated heterocycles. The summed E-state index contributed by atoms with van der Waals surface area (Å²) in [6.07, 6.45) is 2.95. The van der Waals surface area contributed by atoms with Crippen LogP contribution >= 0.6 is 23.2 Å². The fraction of sp³-hybridized carbons (Fsp3) is 0.176. The summed E-state index contributed by atoms with van der Waals surface area (Å²) >= 11 is 12.6. The van der Waals surface area contributed by atoms with Crippen LogP contribution in [0.15, 0.2) is 48.9 Å². The average Bonchev–Trinajstić information content (AvgIpc) is 3.04. The summed E-state index contributed by atoms with van der Waals surface area (Å²) in [5.41, 5.74) is 2.42. The van der Waals surface area contributed by atoms with Crippen molar-refractivity contribution in [1.82, 2.24) is 5.32 Å². The van der Waals surface area contributed by atoms with Gasteiger partial charge < -0.3 is 14.2 Å². The molecule has 0 aliphatic carbocycles. The Morgan fingerprint density at radius 3 is 2.39 bits per heavy atom. The van der Waals surface area contributed by atoms with Crippen molar-refractivity contribution in [2.75, 3.05) is 14.2 Å². The van der Waals surface area contributed by atoms with E-state index < -0.39 is 5.91 Å². The van der Waals surface area contributed by atoms with Gasteiger partial charge in [0.25, 0.3) is 0 Å². The molecule has 0 radical (unpaired) electrons. The van der Waals surface area contributed by atoms with E-state index in [2.05, 4.69) is 5.32 Å². The lowest BCUT2D eigenvalue weighted by molar-refractivity contribution is -0.170. The van der Waals surface area contributed by atoms with Crippen molar-refractivity contribution in [2.24, 2.45) is 0 Å². The van der Waals surface area contributed by atoms with Gasteiger partial charge in [0.2, 0.25) is 0 Å². The number of hydrogen-bond donors (Lipinski definition) is 1. The number of methoxy groups -OCH3 is 1. The fourth-order valence-corrected chi connectivity index (χ4v) is 2.99. The van der Waals surface area contributed by atoms with Crippen LogP contribution in [0.25, 0.3) is 11.1 Å². The Balaban J connectivity index is 2.05. The zero-order valence-electron chi connectivity index (χ0n) is 12.6. The maximum absolute atomic E-state index is 6.46. The molecule has 2 aromatic carbocycles. The number of benzene rings is 2. The van der Waals surface area contributed by atoms with Gasteiger partial charge in [0.15, 0.2) is 0 Å². The van der Waals surface area contributed by atoms with Gasteiger partial charge in [-0.25, -0.2) is 5.32 Å². The van der Waals surface area contributed by atoms with Gasteiger partial charge >= 0.3 is 5.91 Å². The van der Waals surface area contributed by atoms with Crippen LogP contribution in [0.1, 0.15) is 5.56 Å². The second-order valence-electron chi connectivity index (χ2n) is 4.91. The number of ether oxygens (including phenoxy) is 3. The van der Waals surface area contributed by atoms with E-state index in [1.165, 1.54) is 12.5 Å². The summed E-state index contributed by atoms with van der Waals surface area (Å²) in [7, 11) is 3.35.